The summed E-state index contributed by atoms with van der Waals surface area (Å²) in [6.45, 7) is 3.22. The summed E-state index contributed by atoms with van der Waals surface area (Å²) in [5.74, 6) is -0.0161. The minimum Gasteiger partial charge on any atom is -0.339 e. The molecule has 132 valence electrons. The lowest BCUT2D eigenvalue weighted by molar-refractivity contribution is 0.0793. The molecule has 0 atom stereocenters. The van der Waals surface area contributed by atoms with Crippen molar-refractivity contribution in [3.63, 3.8) is 0 Å². The average molecular weight is 379 g/mol. The van der Waals surface area contributed by atoms with E-state index >= 15 is 0 Å². The van der Waals surface area contributed by atoms with E-state index < -0.39 is 10.0 Å². The highest BCUT2D eigenvalue weighted by Gasteiger charge is 2.21. The van der Waals surface area contributed by atoms with E-state index in [9.17, 15) is 13.2 Å². The molecule has 5 nitrogen and oxygen atoms in total. The second-order valence-corrected chi connectivity index (χ2v) is 8.10. The van der Waals surface area contributed by atoms with Gasteiger partial charge >= 0.3 is 0 Å². The molecule has 0 bridgehead atoms. The fourth-order valence-corrected chi connectivity index (χ4v) is 4.43. The summed E-state index contributed by atoms with van der Waals surface area (Å²) < 4.78 is 27.6. The van der Waals surface area contributed by atoms with E-state index in [1.165, 1.54) is 6.07 Å². The number of hydrogen-bond acceptors (Lipinski definition) is 3. The average Bonchev–Trinajstić information content (AvgIpc) is 3.11. The molecule has 1 aliphatic heterocycles. The molecule has 1 N–H and O–H groups in total. The van der Waals surface area contributed by atoms with Gasteiger partial charge in [0.1, 0.15) is 0 Å². The van der Waals surface area contributed by atoms with Gasteiger partial charge < -0.3 is 4.90 Å². The molecular formula is C18H19ClN2O3S. The van der Waals surface area contributed by atoms with Gasteiger partial charge in [0.15, 0.2) is 0 Å². The molecule has 0 spiro atoms. The number of hydrogen-bond donors (Lipinski definition) is 1. The number of nitrogens with one attached hydrogen (secondary N) is 1. The SMILES string of the molecule is Cc1c(Cl)cccc1S(=O)(=O)Nc1ccc(C(=O)N2CCCC2)cc1. The molecule has 25 heavy (non-hydrogen) atoms. The van der Waals surface area contributed by atoms with Crippen molar-refractivity contribution in [3.8, 4) is 0 Å². The van der Waals surface area contributed by atoms with Gasteiger partial charge in [-0.3, -0.25) is 9.52 Å². The molecule has 1 amide bonds. The van der Waals surface area contributed by atoms with Gasteiger partial charge in [-0.2, -0.15) is 0 Å². The Kier molecular flexibility index (Phi) is 5.01. The predicted molar refractivity (Wildman–Crippen MR) is 98.6 cm³/mol. The minimum absolute atomic E-state index is 0.0161. The van der Waals surface area contributed by atoms with Gasteiger partial charge in [0.05, 0.1) is 4.90 Å². The van der Waals surface area contributed by atoms with Crippen LogP contribution >= 0.6 is 11.6 Å². The van der Waals surface area contributed by atoms with Crippen molar-refractivity contribution in [2.24, 2.45) is 0 Å². The third kappa shape index (κ3) is 3.80. The molecule has 1 fully saturated rings. The summed E-state index contributed by atoms with van der Waals surface area (Å²) >= 11 is 6.01. The molecule has 0 aliphatic carbocycles. The van der Waals surface area contributed by atoms with Gasteiger partial charge in [-0.15, -0.1) is 0 Å². The lowest BCUT2D eigenvalue weighted by Gasteiger charge is -2.15. The number of carbonyl (C=O) groups excluding carboxylic acids is 1. The van der Waals surface area contributed by atoms with Crippen LogP contribution in [0.4, 0.5) is 5.69 Å². The Morgan fingerprint density at radius 3 is 2.36 bits per heavy atom. The molecule has 0 radical (unpaired) electrons. The first-order valence-electron chi connectivity index (χ1n) is 8.06. The van der Waals surface area contributed by atoms with E-state index in [-0.39, 0.29) is 10.8 Å². The lowest BCUT2D eigenvalue weighted by Crippen LogP contribution is -2.27. The number of halogens is 1. The van der Waals surface area contributed by atoms with Crippen molar-refractivity contribution >= 4 is 33.2 Å². The monoisotopic (exact) mass is 378 g/mol. The molecule has 1 saturated heterocycles. The number of benzene rings is 2. The largest absolute Gasteiger partial charge is 0.339 e. The van der Waals surface area contributed by atoms with Crippen molar-refractivity contribution in [2.75, 3.05) is 17.8 Å². The van der Waals surface area contributed by atoms with E-state index in [0.717, 1.165) is 25.9 Å². The molecule has 2 aromatic rings. The van der Waals surface area contributed by atoms with Crippen LogP contribution in [0.3, 0.4) is 0 Å². The highest BCUT2D eigenvalue weighted by Crippen LogP contribution is 2.25. The topological polar surface area (TPSA) is 66.5 Å². The molecule has 7 heteroatoms. The second-order valence-electron chi connectivity index (χ2n) is 6.05. The fraction of sp³-hybridized carbons (Fsp3) is 0.278. The number of rotatable bonds is 4. The number of sulfonamides is 1. The molecular weight excluding hydrogens is 360 g/mol. The van der Waals surface area contributed by atoms with Crippen molar-refractivity contribution in [2.45, 2.75) is 24.7 Å². The third-order valence-electron chi connectivity index (χ3n) is 4.28. The zero-order valence-corrected chi connectivity index (χ0v) is 15.4. The number of nitrogens with zero attached hydrogens (tertiary/aromatic N) is 1. The van der Waals surface area contributed by atoms with Crippen LogP contribution < -0.4 is 4.72 Å². The molecule has 1 aliphatic rings. The summed E-state index contributed by atoms with van der Waals surface area (Å²) in [6, 6.07) is 11.2. The van der Waals surface area contributed by atoms with Crippen LogP contribution in [0.25, 0.3) is 0 Å². The summed E-state index contributed by atoms with van der Waals surface area (Å²) in [5.41, 5.74) is 1.46. The number of amides is 1. The van der Waals surface area contributed by atoms with Gasteiger partial charge in [0.25, 0.3) is 15.9 Å². The normalized spacial score (nSPS) is 14.6. The molecule has 2 aromatic carbocycles. The van der Waals surface area contributed by atoms with E-state index in [0.29, 0.717) is 21.8 Å². The van der Waals surface area contributed by atoms with Gasteiger partial charge in [0, 0.05) is 29.4 Å². The van der Waals surface area contributed by atoms with Crippen LogP contribution in [-0.2, 0) is 10.0 Å². The van der Waals surface area contributed by atoms with E-state index in [1.54, 1.807) is 43.3 Å². The Morgan fingerprint density at radius 2 is 1.72 bits per heavy atom. The molecule has 0 saturated carbocycles. The highest BCUT2D eigenvalue weighted by molar-refractivity contribution is 7.92. The minimum atomic E-state index is -3.75. The number of carbonyl (C=O) groups is 1. The van der Waals surface area contributed by atoms with Crippen LogP contribution in [0.2, 0.25) is 5.02 Å². The van der Waals surface area contributed by atoms with E-state index in [4.69, 9.17) is 11.6 Å². The summed E-state index contributed by atoms with van der Waals surface area (Å²) in [7, 11) is -3.75. The predicted octanol–water partition coefficient (Wildman–Crippen LogP) is 3.69. The first-order valence-corrected chi connectivity index (χ1v) is 9.92. The Labute approximate surface area is 152 Å². The maximum Gasteiger partial charge on any atom is 0.262 e. The molecule has 0 aromatic heterocycles. The number of anilines is 1. The van der Waals surface area contributed by atoms with Crippen molar-refractivity contribution < 1.29 is 13.2 Å². The Morgan fingerprint density at radius 1 is 1.08 bits per heavy atom. The first-order chi connectivity index (χ1) is 11.9. The van der Waals surface area contributed by atoms with Gasteiger partial charge in [-0.1, -0.05) is 17.7 Å². The van der Waals surface area contributed by atoms with Crippen molar-refractivity contribution in [1.82, 2.24) is 4.90 Å². The quantitative estimate of drug-likeness (QED) is 0.882. The molecule has 1 heterocycles. The highest BCUT2D eigenvalue weighted by atomic mass is 35.5. The van der Waals surface area contributed by atoms with Gasteiger partial charge in [-0.25, -0.2) is 8.42 Å². The van der Waals surface area contributed by atoms with E-state index in [2.05, 4.69) is 4.72 Å². The van der Waals surface area contributed by atoms with Crippen LogP contribution in [0.1, 0.15) is 28.8 Å². The second kappa shape index (κ2) is 7.06. The summed E-state index contributed by atoms with van der Waals surface area (Å²) in [6.07, 6.45) is 2.06. The van der Waals surface area contributed by atoms with Crippen LogP contribution in [0, 0.1) is 6.92 Å². The summed E-state index contributed by atoms with van der Waals surface area (Å²) in [5, 5.41) is 0.398. The van der Waals surface area contributed by atoms with Crippen LogP contribution in [0.5, 0.6) is 0 Å². The zero-order valence-electron chi connectivity index (χ0n) is 13.8. The standard InChI is InChI=1S/C18H19ClN2O3S/c1-13-16(19)5-4-6-17(13)25(23,24)20-15-9-7-14(8-10-15)18(22)21-11-2-3-12-21/h4-10,20H,2-3,11-12H2,1H3. The number of likely N-dealkylation sites (tertiary alicyclic amines) is 1. The van der Waals surface area contributed by atoms with Crippen LogP contribution in [0.15, 0.2) is 47.4 Å². The third-order valence-corrected chi connectivity index (χ3v) is 6.22. The van der Waals surface area contributed by atoms with E-state index in [1.807, 2.05) is 4.90 Å². The maximum atomic E-state index is 12.6. The van der Waals surface area contributed by atoms with Crippen molar-refractivity contribution in [3.05, 3.63) is 58.6 Å². The van der Waals surface area contributed by atoms with Crippen molar-refractivity contribution in [1.29, 1.82) is 0 Å². The fourth-order valence-electron chi connectivity index (χ4n) is 2.87. The first kappa shape index (κ1) is 17.8. The Hall–Kier alpha value is -2.05. The maximum absolute atomic E-state index is 12.6. The van der Waals surface area contributed by atoms with Gasteiger partial charge in [0.2, 0.25) is 0 Å². The van der Waals surface area contributed by atoms with Gasteiger partial charge in [-0.05, 0) is 61.7 Å². The smallest absolute Gasteiger partial charge is 0.262 e. The Bertz CT molecular complexity index is 889. The molecule has 3 rings (SSSR count). The Balaban J connectivity index is 1.79. The summed E-state index contributed by atoms with van der Waals surface area (Å²) in [4.78, 5) is 14.3. The lowest BCUT2D eigenvalue weighted by atomic mass is 10.2. The van der Waals surface area contributed by atoms with Crippen LogP contribution in [-0.4, -0.2) is 32.3 Å². The zero-order chi connectivity index (χ0) is 18.0. The molecule has 0 unspecified atom stereocenters.